The number of hydrogen-bond acceptors (Lipinski definition) is 5. The minimum atomic E-state index is -0.172. The molecule has 0 aliphatic heterocycles. The van der Waals surface area contributed by atoms with Gasteiger partial charge >= 0.3 is 11.4 Å². The van der Waals surface area contributed by atoms with Gasteiger partial charge in [0, 0.05) is 18.0 Å². The summed E-state index contributed by atoms with van der Waals surface area (Å²) < 4.78 is 10.1. The molecule has 3 rings (SSSR count). The molecule has 3 aromatic heterocycles. The van der Waals surface area contributed by atoms with E-state index >= 15 is 0 Å². The molecule has 198 valence electrons. The van der Waals surface area contributed by atoms with Gasteiger partial charge in [-0.15, -0.1) is 11.3 Å². The van der Waals surface area contributed by atoms with Crippen molar-refractivity contribution < 1.29 is 9.30 Å². The molecule has 3 aromatic rings. The number of halogens is 1. The van der Waals surface area contributed by atoms with Gasteiger partial charge in [0.2, 0.25) is 0 Å². The zero-order chi connectivity index (χ0) is 27.7. The van der Waals surface area contributed by atoms with Crippen LogP contribution in [0.4, 0.5) is 0 Å². The third kappa shape index (κ3) is 6.47. The predicted octanol–water partition coefficient (Wildman–Crippen LogP) is 6.91. The molecule has 0 aromatic carbocycles. The number of aryl methyl sites for hydroxylation is 1. The Kier molecular flexibility index (Phi) is 10.6. The first-order valence-electron chi connectivity index (χ1n) is 12.5. The van der Waals surface area contributed by atoms with Gasteiger partial charge in [-0.3, -0.25) is 4.99 Å². The molecular weight excluding hydrogens is 516 g/mol. The van der Waals surface area contributed by atoms with E-state index in [1.807, 2.05) is 93.1 Å². The van der Waals surface area contributed by atoms with Crippen LogP contribution in [0.2, 0.25) is 4.47 Å². The quantitative estimate of drug-likeness (QED) is 0.157. The number of fused-ring (bicyclic) bond motifs is 1. The molecule has 0 fully saturated rings. The molecule has 3 heterocycles. The van der Waals surface area contributed by atoms with Crippen LogP contribution in [0.25, 0.3) is 11.2 Å². The molecule has 0 saturated heterocycles. The highest BCUT2D eigenvalue weighted by molar-refractivity contribution is 7.15. The Morgan fingerprint density at radius 2 is 2.03 bits per heavy atom. The molecule has 0 bridgehead atoms. The molecule has 6 nitrogen and oxygen atoms in total. The normalized spacial score (nSPS) is 13.6. The average Bonchev–Trinajstić information content (AvgIpc) is 3.32. The largest absolute Gasteiger partial charge is 0.465 e. The molecule has 0 unspecified atom stereocenters. The van der Waals surface area contributed by atoms with Gasteiger partial charge < -0.3 is 4.74 Å². The highest BCUT2D eigenvalue weighted by atomic mass is 35.5. The second-order valence-corrected chi connectivity index (χ2v) is 10.1. The van der Waals surface area contributed by atoms with E-state index in [2.05, 4.69) is 16.9 Å². The molecule has 0 atom stereocenters. The lowest BCUT2D eigenvalue weighted by Crippen LogP contribution is -2.44. The predicted molar refractivity (Wildman–Crippen MR) is 160 cm³/mol. The third-order valence-corrected chi connectivity index (χ3v) is 6.87. The van der Waals surface area contributed by atoms with Crippen molar-refractivity contribution in [3.8, 4) is 5.88 Å². The van der Waals surface area contributed by atoms with Crippen molar-refractivity contribution in [2.24, 2.45) is 4.99 Å². The van der Waals surface area contributed by atoms with Crippen LogP contribution in [0, 0.1) is 6.92 Å². The van der Waals surface area contributed by atoms with Crippen LogP contribution < -0.4 is 14.9 Å². The van der Waals surface area contributed by atoms with Gasteiger partial charge in [-0.1, -0.05) is 48.9 Å². The Labute approximate surface area is 233 Å². The molecule has 8 heteroatoms. The topological polar surface area (TPSA) is 59.8 Å². The van der Waals surface area contributed by atoms with Gasteiger partial charge in [0.1, 0.15) is 6.54 Å². The van der Waals surface area contributed by atoms with E-state index in [1.54, 1.807) is 23.9 Å². The number of thiazole rings is 1. The van der Waals surface area contributed by atoms with Crippen molar-refractivity contribution >= 4 is 39.9 Å². The summed E-state index contributed by atoms with van der Waals surface area (Å²) in [5.74, 6) is 0.462. The molecule has 0 spiro atoms. The molecule has 0 amide bonds. The van der Waals surface area contributed by atoms with Gasteiger partial charge in [0.15, 0.2) is 10.0 Å². The summed E-state index contributed by atoms with van der Waals surface area (Å²) >= 11 is 7.54. The summed E-state index contributed by atoms with van der Waals surface area (Å²) in [6.45, 7) is 10.3. The van der Waals surface area contributed by atoms with Gasteiger partial charge in [-0.05, 0) is 69.5 Å². The number of hydrogen-bond donors (Lipinski definition) is 0. The number of aromatic nitrogens is 3. The van der Waals surface area contributed by atoms with E-state index in [0.29, 0.717) is 28.0 Å². The van der Waals surface area contributed by atoms with Crippen molar-refractivity contribution in [3.63, 3.8) is 0 Å². The fourth-order valence-corrected chi connectivity index (χ4v) is 5.11. The van der Waals surface area contributed by atoms with E-state index in [4.69, 9.17) is 16.3 Å². The number of ether oxygens (including phenoxy) is 1. The molecule has 0 saturated carbocycles. The van der Waals surface area contributed by atoms with E-state index < -0.39 is 0 Å². The van der Waals surface area contributed by atoms with Crippen molar-refractivity contribution in [1.29, 1.82) is 0 Å². The Morgan fingerprint density at radius 3 is 2.63 bits per heavy atom. The monoisotopic (exact) mass is 549 g/mol. The molecule has 0 radical (unpaired) electrons. The number of allylic oxidation sites excluding steroid dienone is 9. The van der Waals surface area contributed by atoms with Crippen LogP contribution in [-0.4, -0.2) is 22.2 Å². The second-order valence-electron chi connectivity index (χ2n) is 8.39. The zero-order valence-corrected chi connectivity index (χ0v) is 24.3. The van der Waals surface area contributed by atoms with Gasteiger partial charge in [-0.25, -0.2) is 9.78 Å². The first-order valence-corrected chi connectivity index (χ1v) is 13.7. The van der Waals surface area contributed by atoms with Crippen molar-refractivity contribution in [1.82, 2.24) is 9.38 Å². The number of rotatable bonds is 10. The Bertz CT molecular complexity index is 1540. The third-order valence-electron chi connectivity index (χ3n) is 5.77. The fraction of sp³-hybridized carbons (Fsp3) is 0.267. The number of nitrogens with zero attached hydrogens (tertiary/aromatic N) is 4. The maximum atomic E-state index is 14.1. The lowest BCUT2D eigenvalue weighted by molar-refractivity contribution is -0.671. The Morgan fingerprint density at radius 1 is 1.26 bits per heavy atom. The van der Waals surface area contributed by atoms with Crippen LogP contribution >= 0.6 is 22.9 Å². The molecule has 0 N–H and O–H groups in total. The summed E-state index contributed by atoms with van der Waals surface area (Å²) in [5, 5.41) is 0. The lowest BCUT2D eigenvalue weighted by atomic mass is 10.0. The van der Waals surface area contributed by atoms with Crippen LogP contribution in [0.15, 0.2) is 88.6 Å². The van der Waals surface area contributed by atoms with E-state index in [0.717, 1.165) is 33.8 Å². The van der Waals surface area contributed by atoms with Crippen LogP contribution in [0.1, 0.15) is 50.1 Å². The maximum absolute atomic E-state index is 14.1. The van der Waals surface area contributed by atoms with E-state index in [1.165, 1.54) is 11.3 Å². The summed E-state index contributed by atoms with van der Waals surface area (Å²) in [4.78, 5) is 23.9. The van der Waals surface area contributed by atoms with Crippen molar-refractivity contribution in [2.45, 2.75) is 47.6 Å². The Balaban J connectivity index is 2.39. The van der Waals surface area contributed by atoms with Crippen LogP contribution in [-0.2, 0) is 6.54 Å². The molecule has 0 aliphatic rings. The fourth-order valence-electron chi connectivity index (χ4n) is 4.14. The molecule has 0 aliphatic carbocycles. The van der Waals surface area contributed by atoms with Crippen molar-refractivity contribution in [3.05, 3.63) is 110 Å². The minimum absolute atomic E-state index is 0.172. The number of aliphatic imine (C=N–C) groups is 1. The number of methoxy groups -OCH3 is 1. The summed E-state index contributed by atoms with van der Waals surface area (Å²) in [5.41, 5.74) is 4.36. The maximum Gasteiger partial charge on any atom is 0.354 e. The van der Waals surface area contributed by atoms with E-state index in [-0.39, 0.29) is 5.56 Å². The first-order chi connectivity index (χ1) is 18.4. The molecule has 38 heavy (non-hydrogen) atoms. The minimum Gasteiger partial charge on any atom is -0.465 e. The molecular formula is C30H34ClN4O2S+. The van der Waals surface area contributed by atoms with Crippen LogP contribution in [0.5, 0.6) is 5.88 Å². The van der Waals surface area contributed by atoms with Crippen LogP contribution in [0.3, 0.4) is 0 Å². The standard InChI is InChI=1S/C30H34ClN4O2S/c1-7-11-16-32-25(14-9-3)22(10-4)18-23(13-8-2)26-28(36)34-17-12-15-21(5)27(34)35(29(26)37-6)20-24-19-33-30(31)38-24/h8-19H,7,20H2,1-6H3/q+1/b13-8-,14-9-,16-11-,22-10+,23-18+,32-25+. The highest BCUT2D eigenvalue weighted by Crippen LogP contribution is 2.26. The average molecular weight is 550 g/mol. The smallest absolute Gasteiger partial charge is 0.354 e. The van der Waals surface area contributed by atoms with Gasteiger partial charge in [0.05, 0.1) is 23.9 Å². The lowest BCUT2D eigenvalue weighted by Gasteiger charge is -2.14. The Hall–Kier alpha value is -3.55. The summed E-state index contributed by atoms with van der Waals surface area (Å²) in [6, 6.07) is 3.86. The summed E-state index contributed by atoms with van der Waals surface area (Å²) in [6.07, 6.45) is 20.0. The zero-order valence-electron chi connectivity index (χ0n) is 22.7. The van der Waals surface area contributed by atoms with Gasteiger partial charge in [-0.2, -0.15) is 8.97 Å². The van der Waals surface area contributed by atoms with E-state index in [9.17, 15) is 4.79 Å². The summed E-state index contributed by atoms with van der Waals surface area (Å²) in [7, 11) is 1.59. The highest BCUT2D eigenvalue weighted by Gasteiger charge is 2.28. The SMILES string of the molecule is C/C=C\C(=N/C=C\CC)C(=C/C)/C=C(\C=C/C)c1c(OC)[n+](Cc2cnc(Cl)s2)c2c(C)cccn2c1=O. The van der Waals surface area contributed by atoms with Crippen molar-refractivity contribution in [2.75, 3.05) is 7.11 Å². The van der Waals surface area contributed by atoms with Gasteiger partial charge in [0.25, 0.3) is 5.65 Å². The second kappa shape index (κ2) is 13.8. The number of pyridine rings is 1. The first kappa shape index (κ1) is 29.0.